The minimum absolute atomic E-state index is 0.100. The Morgan fingerprint density at radius 1 is 1.10 bits per heavy atom. The zero-order chi connectivity index (χ0) is 21.5. The van der Waals surface area contributed by atoms with E-state index in [0.717, 1.165) is 61.2 Å². The van der Waals surface area contributed by atoms with Gasteiger partial charge in [-0.05, 0) is 38.7 Å². The van der Waals surface area contributed by atoms with Crippen molar-refractivity contribution in [2.24, 2.45) is 0 Å². The van der Waals surface area contributed by atoms with Gasteiger partial charge < -0.3 is 14.8 Å². The van der Waals surface area contributed by atoms with Gasteiger partial charge in [-0.3, -0.25) is 4.79 Å². The molecule has 1 heterocycles. The number of benzene rings is 1. The number of unbranched alkanes of at least 4 members (excludes halogenated alkanes) is 2. The number of nitrogens with one attached hydrogen (secondary N) is 1. The highest BCUT2D eigenvalue weighted by Gasteiger charge is 2.40. The lowest BCUT2D eigenvalue weighted by Gasteiger charge is -2.34. The molecule has 1 unspecified atom stereocenters. The lowest BCUT2D eigenvalue weighted by Crippen LogP contribution is -2.34. The summed E-state index contributed by atoms with van der Waals surface area (Å²) in [5.41, 5.74) is 3.77. The van der Waals surface area contributed by atoms with Crippen LogP contribution in [-0.4, -0.2) is 25.0 Å². The van der Waals surface area contributed by atoms with Gasteiger partial charge in [-0.25, -0.2) is 4.79 Å². The third-order valence-corrected chi connectivity index (χ3v) is 5.71. The monoisotopic (exact) mass is 411 g/mol. The summed E-state index contributed by atoms with van der Waals surface area (Å²) in [6.07, 6.45) is 5.91. The van der Waals surface area contributed by atoms with E-state index in [0.29, 0.717) is 30.8 Å². The number of allylic oxidation sites excluding steroid dienone is 3. The summed E-state index contributed by atoms with van der Waals surface area (Å²) < 4.78 is 11.7. The Hall–Kier alpha value is -2.56. The molecule has 5 heteroatoms. The Labute approximate surface area is 179 Å². The van der Waals surface area contributed by atoms with E-state index in [1.807, 2.05) is 31.2 Å². The number of carbonyl (C=O) groups excluding carboxylic acids is 2. The molecule has 3 rings (SSSR count). The Kier molecular flexibility index (Phi) is 7.72. The number of ether oxygens (including phenoxy) is 2. The van der Waals surface area contributed by atoms with E-state index < -0.39 is 5.92 Å². The minimum atomic E-state index is -0.457. The van der Waals surface area contributed by atoms with Gasteiger partial charge in [0.25, 0.3) is 0 Å². The molecule has 30 heavy (non-hydrogen) atoms. The van der Waals surface area contributed by atoms with Crippen LogP contribution in [0.25, 0.3) is 0 Å². The molecule has 0 spiro atoms. The number of carbonyl (C=O) groups is 2. The third-order valence-electron chi connectivity index (χ3n) is 5.71. The normalized spacial score (nSPS) is 18.8. The Bertz CT molecular complexity index is 852. The molecule has 0 fully saturated rings. The first-order chi connectivity index (χ1) is 14.6. The van der Waals surface area contributed by atoms with Crippen LogP contribution >= 0.6 is 0 Å². The van der Waals surface area contributed by atoms with Gasteiger partial charge in [0.2, 0.25) is 0 Å². The van der Waals surface area contributed by atoms with Gasteiger partial charge in [0, 0.05) is 29.0 Å². The van der Waals surface area contributed by atoms with Gasteiger partial charge in [-0.2, -0.15) is 0 Å². The van der Waals surface area contributed by atoms with Gasteiger partial charge in [0.05, 0.1) is 24.7 Å². The number of hydrogen-bond acceptors (Lipinski definition) is 5. The smallest absolute Gasteiger partial charge is 0.336 e. The van der Waals surface area contributed by atoms with Gasteiger partial charge in [0.15, 0.2) is 5.78 Å². The van der Waals surface area contributed by atoms with Crippen molar-refractivity contribution in [1.29, 1.82) is 0 Å². The predicted molar refractivity (Wildman–Crippen MR) is 117 cm³/mol. The average molecular weight is 412 g/mol. The molecule has 162 valence electrons. The lowest BCUT2D eigenvalue weighted by atomic mass is 9.75. The summed E-state index contributed by atoms with van der Waals surface area (Å²) in [5.74, 6) is 0.0194. The number of hydrogen-bond donors (Lipinski definition) is 1. The standard InChI is InChI=1S/C25H33NO4/c1-4-6-15-29-21-14-9-8-11-18(21)23-22(25(28)30-16-7-5-2)17(3)26-19-12-10-13-20(27)24(19)23/h8-9,11,14,23,26H,4-7,10,12-13,15-16H2,1-3H3. The number of rotatable bonds is 9. The molecule has 1 N–H and O–H groups in total. The Morgan fingerprint density at radius 3 is 2.60 bits per heavy atom. The lowest BCUT2D eigenvalue weighted by molar-refractivity contribution is -0.139. The van der Waals surface area contributed by atoms with E-state index in [2.05, 4.69) is 19.2 Å². The average Bonchev–Trinajstić information content (AvgIpc) is 2.73. The SMILES string of the molecule is CCCCOC(=O)C1=C(C)NC2=C(C(=O)CCC2)C1c1ccccc1OCCCC. The van der Waals surface area contributed by atoms with Crippen molar-refractivity contribution in [3.63, 3.8) is 0 Å². The quantitative estimate of drug-likeness (QED) is 0.448. The molecule has 1 atom stereocenters. The molecule has 1 aromatic rings. The molecule has 0 aromatic heterocycles. The second-order valence-corrected chi connectivity index (χ2v) is 7.99. The highest BCUT2D eigenvalue weighted by Crippen LogP contribution is 2.45. The van der Waals surface area contributed by atoms with Crippen LogP contribution in [-0.2, 0) is 14.3 Å². The van der Waals surface area contributed by atoms with Crippen molar-refractivity contribution >= 4 is 11.8 Å². The fourth-order valence-electron chi connectivity index (χ4n) is 4.13. The molecule has 1 aliphatic carbocycles. The molecule has 0 saturated heterocycles. The molecule has 1 aromatic carbocycles. The fraction of sp³-hybridized carbons (Fsp3) is 0.520. The van der Waals surface area contributed by atoms with Crippen LogP contribution in [0.5, 0.6) is 5.75 Å². The predicted octanol–water partition coefficient (Wildman–Crippen LogP) is 5.18. The summed E-state index contributed by atoms with van der Waals surface area (Å²) in [4.78, 5) is 26.1. The van der Waals surface area contributed by atoms with Crippen molar-refractivity contribution < 1.29 is 19.1 Å². The van der Waals surface area contributed by atoms with E-state index in [1.54, 1.807) is 0 Å². The molecule has 5 nitrogen and oxygen atoms in total. The van der Waals surface area contributed by atoms with Crippen LogP contribution in [0.15, 0.2) is 46.8 Å². The zero-order valence-electron chi connectivity index (χ0n) is 18.4. The summed E-state index contributed by atoms with van der Waals surface area (Å²) in [5, 5.41) is 3.34. The molecule has 0 saturated carbocycles. The molecular weight excluding hydrogens is 378 g/mol. The highest BCUT2D eigenvalue weighted by atomic mass is 16.5. The topological polar surface area (TPSA) is 64.6 Å². The van der Waals surface area contributed by atoms with Crippen molar-refractivity contribution in [2.75, 3.05) is 13.2 Å². The van der Waals surface area contributed by atoms with Crippen molar-refractivity contribution in [1.82, 2.24) is 5.32 Å². The zero-order valence-corrected chi connectivity index (χ0v) is 18.4. The van der Waals surface area contributed by atoms with Crippen LogP contribution in [0.3, 0.4) is 0 Å². The van der Waals surface area contributed by atoms with Gasteiger partial charge in [0.1, 0.15) is 5.75 Å². The molecule has 0 bridgehead atoms. The van der Waals surface area contributed by atoms with Gasteiger partial charge >= 0.3 is 5.97 Å². The largest absolute Gasteiger partial charge is 0.493 e. The second-order valence-electron chi connectivity index (χ2n) is 7.99. The molecule has 2 aliphatic rings. The van der Waals surface area contributed by atoms with Crippen LogP contribution in [0.2, 0.25) is 0 Å². The Morgan fingerprint density at radius 2 is 1.83 bits per heavy atom. The van der Waals surface area contributed by atoms with Crippen LogP contribution in [0, 0.1) is 0 Å². The van der Waals surface area contributed by atoms with E-state index in [-0.39, 0.29) is 11.8 Å². The van der Waals surface area contributed by atoms with E-state index in [4.69, 9.17) is 9.47 Å². The van der Waals surface area contributed by atoms with Crippen molar-refractivity contribution in [2.45, 2.75) is 71.6 Å². The van der Waals surface area contributed by atoms with Crippen molar-refractivity contribution in [3.8, 4) is 5.75 Å². The molecule has 1 aliphatic heterocycles. The fourth-order valence-corrected chi connectivity index (χ4v) is 4.13. The van der Waals surface area contributed by atoms with E-state index in [9.17, 15) is 9.59 Å². The first-order valence-electron chi connectivity index (χ1n) is 11.2. The number of dihydropyridines is 1. The molecule has 0 radical (unpaired) electrons. The third kappa shape index (κ3) is 4.77. The summed E-state index contributed by atoms with van der Waals surface area (Å²) in [6.45, 7) is 7.07. The maximum Gasteiger partial charge on any atom is 0.336 e. The highest BCUT2D eigenvalue weighted by molar-refractivity contribution is 6.04. The minimum Gasteiger partial charge on any atom is -0.493 e. The number of ketones is 1. The van der Waals surface area contributed by atoms with Crippen LogP contribution in [0.4, 0.5) is 0 Å². The van der Waals surface area contributed by atoms with Crippen molar-refractivity contribution in [3.05, 3.63) is 52.4 Å². The van der Waals surface area contributed by atoms with E-state index in [1.165, 1.54) is 0 Å². The number of para-hydroxylation sites is 1. The summed E-state index contributed by atoms with van der Waals surface area (Å²) in [6, 6.07) is 7.76. The molecule has 0 amide bonds. The maximum absolute atomic E-state index is 13.1. The first kappa shape index (κ1) is 22.1. The second kappa shape index (κ2) is 10.5. The van der Waals surface area contributed by atoms with Gasteiger partial charge in [-0.1, -0.05) is 44.9 Å². The molecular formula is C25H33NO4. The van der Waals surface area contributed by atoms with Crippen LogP contribution < -0.4 is 10.1 Å². The first-order valence-corrected chi connectivity index (χ1v) is 11.2. The Balaban J connectivity index is 2.05. The number of esters is 1. The summed E-state index contributed by atoms with van der Waals surface area (Å²) in [7, 11) is 0. The van der Waals surface area contributed by atoms with Crippen LogP contribution in [0.1, 0.15) is 77.2 Å². The summed E-state index contributed by atoms with van der Waals surface area (Å²) >= 11 is 0. The van der Waals surface area contributed by atoms with Gasteiger partial charge in [-0.15, -0.1) is 0 Å². The number of Topliss-reactive ketones (excluding diaryl/α,β-unsaturated/α-hetero) is 1. The van der Waals surface area contributed by atoms with E-state index >= 15 is 0 Å². The maximum atomic E-state index is 13.1.